The number of phenolic OH excluding ortho intramolecular Hbond substituents is 1. The molecule has 15 heavy (non-hydrogen) atoms. The molecule has 0 saturated carbocycles. The van der Waals surface area contributed by atoms with Crippen LogP contribution in [0.25, 0.3) is 0 Å². The second kappa shape index (κ2) is 4.10. The van der Waals surface area contributed by atoms with Gasteiger partial charge in [0.1, 0.15) is 5.75 Å². The van der Waals surface area contributed by atoms with Crippen molar-refractivity contribution in [3.8, 4) is 5.75 Å². The third-order valence-corrected chi connectivity index (χ3v) is 3.48. The largest absolute Gasteiger partial charge is 0.508 e. The van der Waals surface area contributed by atoms with E-state index in [1.165, 1.54) is 0 Å². The van der Waals surface area contributed by atoms with E-state index in [1.54, 1.807) is 32.9 Å². The lowest BCUT2D eigenvalue weighted by atomic mass is 10.1. The van der Waals surface area contributed by atoms with Crippen LogP contribution in [-0.2, 0) is 10.0 Å². The number of aromatic hydroxyl groups is 1. The summed E-state index contributed by atoms with van der Waals surface area (Å²) in [5.74, 6) is 0.207. The molecule has 0 heterocycles. The van der Waals surface area contributed by atoms with Crippen molar-refractivity contribution in [3.05, 3.63) is 23.3 Å². The molecule has 0 aliphatic rings. The van der Waals surface area contributed by atoms with Gasteiger partial charge in [-0.05, 0) is 44.0 Å². The summed E-state index contributed by atoms with van der Waals surface area (Å²) in [6.07, 6.45) is 0. The minimum Gasteiger partial charge on any atom is -0.508 e. The van der Waals surface area contributed by atoms with Crippen molar-refractivity contribution >= 4 is 15.7 Å². The van der Waals surface area contributed by atoms with E-state index in [-0.39, 0.29) is 11.5 Å². The molecule has 0 aliphatic heterocycles. The van der Waals surface area contributed by atoms with Gasteiger partial charge in [-0.3, -0.25) is 4.72 Å². The molecule has 0 amide bonds. The third-order valence-electron chi connectivity index (χ3n) is 2.19. The zero-order valence-electron chi connectivity index (χ0n) is 9.03. The maximum atomic E-state index is 11.3. The lowest BCUT2D eigenvalue weighted by Crippen LogP contribution is -2.15. The lowest BCUT2D eigenvalue weighted by Gasteiger charge is -2.11. The average molecular weight is 229 g/mol. The standard InChI is InChI=1S/C10H15NO3S/c1-4-15(13,14)11-9-5-8(3)10(12)6-7(9)2/h5-6,11-12H,4H2,1-3H3. The van der Waals surface area contributed by atoms with E-state index in [0.29, 0.717) is 16.8 Å². The van der Waals surface area contributed by atoms with Gasteiger partial charge in [-0.1, -0.05) is 0 Å². The number of nitrogens with one attached hydrogen (secondary N) is 1. The molecule has 0 spiro atoms. The van der Waals surface area contributed by atoms with Gasteiger partial charge in [0, 0.05) is 0 Å². The molecule has 0 radical (unpaired) electrons. The summed E-state index contributed by atoms with van der Waals surface area (Å²) in [5, 5.41) is 9.40. The van der Waals surface area contributed by atoms with Crippen molar-refractivity contribution in [3.63, 3.8) is 0 Å². The first-order chi connectivity index (χ1) is 6.85. The fraction of sp³-hybridized carbons (Fsp3) is 0.400. The molecule has 1 aromatic carbocycles. The summed E-state index contributed by atoms with van der Waals surface area (Å²) in [7, 11) is -3.26. The summed E-state index contributed by atoms with van der Waals surface area (Å²) in [5.41, 5.74) is 1.87. The van der Waals surface area contributed by atoms with Crippen LogP contribution in [0, 0.1) is 13.8 Å². The Balaban J connectivity index is 3.12. The number of rotatable bonds is 3. The van der Waals surface area contributed by atoms with Gasteiger partial charge in [-0.15, -0.1) is 0 Å². The molecule has 0 saturated heterocycles. The van der Waals surface area contributed by atoms with Crippen LogP contribution in [0.5, 0.6) is 5.75 Å². The molecule has 84 valence electrons. The average Bonchev–Trinajstić information content (AvgIpc) is 2.14. The molecule has 1 aromatic rings. The maximum Gasteiger partial charge on any atom is 0.232 e. The number of aryl methyl sites for hydroxylation is 2. The van der Waals surface area contributed by atoms with Crippen molar-refractivity contribution in [2.75, 3.05) is 10.5 Å². The molecular weight excluding hydrogens is 214 g/mol. The number of phenols is 1. The molecule has 0 bridgehead atoms. The van der Waals surface area contributed by atoms with Gasteiger partial charge < -0.3 is 5.11 Å². The molecule has 5 heteroatoms. The van der Waals surface area contributed by atoms with Crippen LogP contribution in [0.2, 0.25) is 0 Å². The Kier molecular flexibility index (Phi) is 3.24. The Labute approximate surface area is 90.0 Å². The molecular formula is C10H15NO3S. The molecule has 2 N–H and O–H groups in total. The zero-order valence-corrected chi connectivity index (χ0v) is 9.85. The Hall–Kier alpha value is -1.23. The number of anilines is 1. The number of hydrogen-bond donors (Lipinski definition) is 2. The molecule has 0 aromatic heterocycles. The van der Waals surface area contributed by atoms with Crippen LogP contribution in [0.3, 0.4) is 0 Å². The first-order valence-electron chi connectivity index (χ1n) is 4.66. The Bertz CT molecular complexity index is 466. The van der Waals surface area contributed by atoms with Gasteiger partial charge >= 0.3 is 0 Å². The summed E-state index contributed by atoms with van der Waals surface area (Å²) in [6.45, 7) is 5.04. The highest BCUT2D eigenvalue weighted by Crippen LogP contribution is 2.25. The minimum atomic E-state index is -3.26. The van der Waals surface area contributed by atoms with Crippen LogP contribution >= 0.6 is 0 Å². The highest BCUT2D eigenvalue weighted by atomic mass is 32.2. The van der Waals surface area contributed by atoms with Crippen LogP contribution in [-0.4, -0.2) is 19.3 Å². The summed E-state index contributed by atoms with van der Waals surface area (Å²) >= 11 is 0. The molecule has 4 nitrogen and oxygen atoms in total. The van der Waals surface area contributed by atoms with Gasteiger partial charge in [0.25, 0.3) is 0 Å². The second-order valence-corrected chi connectivity index (χ2v) is 5.47. The van der Waals surface area contributed by atoms with Crippen molar-refractivity contribution in [1.29, 1.82) is 0 Å². The van der Waals surface area contributed by atoms with Crippen LogP contribution in [0.4, 0.5) is 5.69 Å². The van der Waals surface area contributed by atoms with Gasteiger partial charge in [0.15, 0.2) is 0 Å². The number of hydrogen-bond acceptors (Lipinski definition) is 3. The number of benzene rings is 1. The topological polar surface area (TPSA) is 66.4 Å². The fourth-order valence-corrected chi connectivity index (χ4v) is 1.85. The van der Waals surface area contributed by atoms with Crippen molar-refractivity contribution in [1.82, 2.24) is 0 Å². The molecule has 0 atom stereocenters. The van der Waals surface area contributed by atoms with Crippen molar-refractivity contribution < 1.29 is 13.5 Å². The van der Waals surface area contributed by atoms with Gasteiger partial charge in [0.05, 0.1) is 11.4 Å². The van der Waals surface area contributed by atoms with Crippen LogP contribution in [0.15, 0.2) is 12.1 Å². The van der Waals surface area contributed by atoms with Crippen molar-refractivity contribution in [2.45, 2.75) is 20.8 Å². The highest BCUT2D eigenvalue weighted by Gasteiger charge is 2.10. The SMILES string of the molecule is CCS(=O)(=O)Nc1cc(C)c(O)cc1C. The normalized spacial score (nSPS) is 11.4. The summed E-state index contributed by atoms with van der Waals surface area (Å²) in [4.78, 5) is 0. The van der Waals surface area contributed by atoms with E-state index in [4.69, 9.17) is 0 Å². The van der Waals surface area contributed by atoms with Crippen LogP contribution in [0.1, 0.15) is 18.1 Å². The van der Waals surface area contributed by atoms with E-state index >= 15 is 0 Å². The predicted octanol–water partition coefficient (Wildman–Crippen LogP) is 1.77. The minimum absolute atomic E-state index is 0.0341. The molecule has 0 aliphatic carbocycles. The zero-order chi connectivity index (χ0) is 11.6. The quantitative estimate of drug-likeness (QED) is 0.776. The molecule has 0 unspecified atom stereocenters. The lowest BCUT2D eigenvalue weighted by molar-refractivity contribution is 0.471. The third kappa shape index (κ3) is 2.86. The fourth-order valence-electron chi connectivity index (χ4n) is 1.15. The van der Waals surface area contributed by atoms with Gasteiger partial charge in [-0.25, -0.2) is 8.42 Å². The highest BCUT2D eigenvalue weighted by molar-refractivity contribution is 7.92. The summed E-state index contributed by atoms with van der Waals surface area (Å²) < 4.78 is 25.2. The van der Waals surface area contributed by atoms with Crippen molar-refractivity contribution in [2.24, 2.45) is 0 Å². The predicted molar refractivity (Wildman–Crippen MR) is 60.7 cm³/mol. The maximum absolute atomic E-state index is 11.3. The van der Waals surface area contributed by atoms with E-state index in [0.717, 1.165) is 0 Å². The van der Waals surface area contributed by atoms with E-state index in [1.807, 2.05) is 0 Å². The van der Waals surface area contributed by atoms with Gasteiger partial charge in [-0.2, -0.15) is 0 Å². The van der Waals surface area contributed by atoms with Gasteiger partial charge in [0.2, 0.25) is 10.0 Å². The van der Waals surface area contributed by atoms with Crippen LogP contribution < -0.4 is 4.72 Å². The Morgan fingerprint density at radius 3 is 2.40 bits per heavy atom. The number of sulfonamides is 1. The van der Waals surface area contributed by atoms with E-state index in [2.05, 4.69) is 4.72 Å². The molecule has 0 fully saturated rings. The summed E-state index contributed by atoms with van der Waals surface area (Å²) in [6, 6.07) is 3.17. The Morgan fingerprint density at radius 1 is 1.27 bits per heavy atom. The first-order valence-corrected chi connectivity index (χ1v) is 6.31. The first kappa shape index (κ1) is 11.8. The van der Waals surface area contributed by atoms with E-state index in [9.17, 15) is 13.5 Å². The Morgan fingerprint density at radius 2 is 1.87 bits per heavy atom. The monoisotopic (exact) mass is 229 g/mol. The smallest absolute Gasteiger partial charge is 0.232 e. The second-order valence-electron chi connectivity index (χ2n) is 3.46. The molecule has 1 rings (SSSR count). The van der Waals surface area contributed by atoms with E-state index < -0.39 is 10.0 Å².